The SMILES string of the molecule is CN(C)C(CNC(=O)C(C)(C)CN)c1ccco1. The summed E-state index contributed by atoms with van der Waals surface area (Å²) in [7, 11) is 3.90. The normalized spacial score (nSPS) is 13.7. The molecule has 102 valence electrons. The van der Waals surface area contributed by atoms with Crippen molar-refractivity contribution in [3.63, 3.8) is 0 Å². The fraction of sp³-hybridized carbons (Fsp3) is 0.615. The number of nitrogens with two attached hydrogens (primary N) is 1. The average Bonchev–Trinajstić information content (AvgIpc) is 2.82. The van der Waals surface area contributed by atoms with Crippen molar-refractivity contribution in [1.82, 2.24) is 10.2 Å². The van der Waals surface area contributed by atoms with Crippen molar-refractivity contribution in [2.45, 2.75) is 19.9 Å². The molecular weight excluding hydrogens is 230 g/mol. The first-order valence-corrected chi connectivity index (χ1v) is 6.06. The van der Waals surface area contributed by atoms with Crippen molar-refractivity contribution in [3.05, 3.63) is 24.2 Å². The molecule has 0 aromatic carbocycles. The van der Waals surface area contributed by atoms with Gasteiger partial charge in [-0.1, -0.05) is 0 Å². The molecule has 1 aromatic rings. The topological polar surface area (TPSA) is 71.5 Å². The highest BCUT2D eigenvalue weighted by molar-refractivity contribution is 5.82. The van der Waals surface area contributed by atoms with E-state index in [1.807, 2.05) is 45.0 Å². The second-order valence-electron chi connectivity index (χ2n) is 5.29. The Kier molecular flexibility index (Phi) is 4.93. The van der Waals surface area contributed by atoms with E-state index in [9.17, 15) is 4.79 Å². The van der Waals surface area contributed by atoms with E-state index in [-0.39, 0.29) is 11.9 Å². The number of amides is 1. The van der Waals surface area contributed by atoms with Gasteiger partial charge >= 0.3 is 0 Å². The Morgan fingerprint density at radius 1 is 1.56 bits per heavy atom. The third-order valence-electron chi connectivity index (χ3n) is 3.08. The number of likely N-dealkylation sites (N-methyl/N-ethyl adjacent to an activating group) is 1. The van der Waals surface area contributed by atoms with Gasteiger partial charge in [-0.25, -0.2) is 0 Å². The van der Waals surface area contributed by atoms with E-state index in [4.69, 9.17) is 10.2 Å². The molecule has 0 saturated carbocycles. The van der Waals surface area contributed by atoms with Gasteiger partial charge in [0.05, 0.1) is 17.7 Å². The summed E-state index contributed by atoms with van der Waals surface area (Å²) in [6.07, 6.45) is 1.64. The zero-order chi connectivity index (χ0) is 13.8. The van der Waals surface area contributed by atoms with Gasteiger partial charge in [-0.05, 0) is 40.1 Å². The number of hydrogen-bond acceptors (Lipinski definition) is 4. The maximum Gasteiger partial charge on any atom is 0.227 e. The van der Waals surface area contributed by atoms with Crippen LogP contribution in [0.1, 0.15) is 25.6 Å². The second kappa shape index (κ2) is 6.02. The Balaban J connectivity index is 2.62. The van der Waals surface area contributed by atoms with Crippen LogP contribution in [0.25, 0.3) is 0 Å². The molecule has 18 heavy (non-hydrogen) atoms. The Morgan fingerprint density at radius 2 is 2.22 bits per heavy atom. The fourth-order valence-electron chi connectivity index (χ4n) is 1.54. The fourth-order valence-corrected chi connectivity index (χ4v) is 1.54. The van der Waals surface area contributed by atoms with E-state index in [2.05, 4.69) is 5.32 Å². The molecule has 0 spiro atoms. The summed E-state index contributed by atoms with van der Waals surface area (Å²) < 4.78 is 5.38. The molecule has 5 heteroatoms. The molecule has 5 nitrogen and oxygen atoms in total. The molecule has 3 N–H and O–H groups in total. The van der Waals surface area contributed by atoms with Crippen molar-refractivity contribution in [3.8, 4) is 0 Å². The second-order valence-corrected chi connectivity index (χ2v) is 5.29. The van der Waals surface area contributed by atoms with Gasteiger partial charge in [-0.2, -0.15) is 0 Å². The number of nitrogens with one attached hydrogen (secondary N) is 1. The van der Waals surface area contributed by atoms with Crippen LogP contribution in [-0.2, 0) is 4.79 Å². The molecule has 1 unspecified atom stereocenters. The first-order chi connectivity index (χ1) is 8.38. The van der Waals surface area contributed by atoms with Crippen LogP contribution < -0.4 is 11.1 Å². The largest absolute Gasteiger partial charge is 0.468 e. The monoisotopic (exact) mass is 253 g/mol. The van der Waals surface area contributed by atoms with Crippen LogP contribution in [0.2, 0.25) is 0 Å². The van der Waals surface area contributed by atoms with Crippen molar-refractivity contribution >= 4 is 5.91 Å². The lowest BCUT2D eigenvalue weighted by atomic mass is 9.92. The number of hydrogen-bond donors (Lipinski definition) is 2. The highest BCUT2D eigenvalue weighted by Crippen LogP contribution is 2.19. The van der Waals surface area contributed by atoms with E-state index < -0.39 is 5.41 Å². The predicted octanol–water partition coefficient (Wildman–Crippen LogP) is 0.983. The molecule has 0 fully saturated rings. The van der Waals surface area contributed by atoms with Gasteiger partial charge in [0.1, 0.15) is 5.76 Å². The highest BCUT2D eigenvalue weighted by atomic mass is 16.3. The molecule has 0 saturated heterocycles. The third-order valence-corrected chi connectivity index (χ3v) is 3.08. The molecule has 1 rings (SSSR count). The van der Waals surface area contributed by atoms with Crippen LogP contribution in [-0.4, -0.2) is 38.0 Å². The standard InChI is InChI=1S/C13H23N3O2/c1-13(2,9-14)12(17)15-8-10(16(3)4)11-6-5-7-18-11/h5-7,10H,8-9,14H2,1-4H3,(H,15,17). The number of furan rings is 1. The Bertz CT molecular complexity index is 372. The van der Waals surface area contributed by atoms with Crippen LogP contribution in [0.4, 0.5) is 0 Å². The summed E-state index contributed by atoms with van der Waals surface area (Å²) in [5, 5.41) is 2.92. The molecule has 1 atom stereocenters. The summed E-state index contributed by atoms with van der Waals surface area (Å²) in [6.45, 7) is 4.49. The number of carbonyl (C=O) groups is 1. The van der Waals surface area contributed by atoms with Crippen LogP contribution in [0.5, 0.6) is 0 Å². The molecule has 1 amide bonds. The summed E-state index contributed by atoms with van der Waals surface area (Å²) in [5.41, 5.74) is 5.04. The minimum atomic E-state index is -0.542. The van der Waals surface area contributed by atoms with E-state index in [1.54, 1.807) is 6.26 Å². The van der Waals surface area contributed by atoms with Crippen molar-refractivity contribution in [2.75, 3.05) is 27.2 Å². The van der Waals surface area contributed by atoms with Gasteiger partial charge in [0, 0.05) is 13.1 Å². The molecule has 0 aliphatic heterocycles. The Labute approximate surface area is 108 Å². The maximum absolute atomic E-state index is 12.0. The molecule has 0 bridgehead atoms. The summed E-state index contributed by atoms with van der Waals surface area (Å²) in [6, 6.07) is 3.78. The summed E-state index contributed by atoms with van der Waals surface area (Å²) in [5.74, 6) is 0.800. The predicted molar refractivity (Wildman–Crippen MR) is 71.0 cm³/mol. The first-order valence-electron chi connectivity index (χ1n) is 6.06. The molecule has 0 radical (unpaired) electrons. The summed E-state index contributed by atoms with van der Waals surface area (Å²) in [4.78, 5) is 14.0. The van der Waals surface area contributed by atoms with Gasteiger partial charge in [0.15, 0.2) is 0 Å². The van der Waals surface area contributed by atoms with Crippen LogP contribution in [0.3, 0.4) is 0 Å². The highest BCUT2D eigenvalue weighted by Gasteiger charge is 2.27. The van der Waals surface area contributed by atoms with Gasteiger partial charge in [0.2, 0.25) is 5.91 Å². The van der Waals surface area contributed by atoms with Gasteiger partial charge in [-0.15, -0.1) is 0 Å². The van der Waals surface area contributed by atoms with Crippen molar-refractivity contribution in [1.29, 1.82) is 0 Å². The lowest BCUT2D eigenvalue weighted by Crippen LogP contribution is -2.44. The number of rotatable bonds is 6. The Hall–Kier alpha value is -1.33. The quantitative estimate of drug-likeness (QED) is 0.793. The lowest BCUT2D eigenvalue weighted by Gasteiger charge is -2.26. The first kappa shape index (κ1) is 14.7. The number of carbonyl (C=O) groups excluding carboxylic acids is 1. The zero-order valence-electron chi connectivity index (χ0n) is 11.6. The van der Waals surface area contributed by atoms with Crippen molar-refractivity contribution in [2.24, 2.45) is 11.1 Å². The number of nitrogens with zero attached hydrogens (tertiary/aromatic N) is 1. The van der Waals surface area contributed by atoms with Crippen LogP contribution in [0, 0.1) is 5.41 Å². The van der Waals surface area contributed by atoms with E-state index in [0.29, 0.717) is 13.1 Å². The maximum atomic E-state index is 12.0. The smallest absolute Gasteiger partial charge is 0.227 e. The van der Waals surface area contributed by atoms with Crippen LogP contribution in [0.15, 0.2) is 22.8 Å². The van der Waals surface area contributed by atoms with E-state index >= 15 is 0 Å². The van der Waals surface area contributed by atoms with Gasteiger partial charge in [0.25, 0.3) is 0 Å². The zero-order valence-corrected chi connectivity index (χ0v) is 11.6. The van der Waals surface area contributed by atoms with Crippen molar-refractivity contribution < 1.29 is 9.21 Å². The molecule has 1 heterocycles. The van der Waals surface area contributed by atoms with Gasteiger partial charge in [-0.3, -0.25) is 9.69 Å². The molecule has 0 aliphatic carbocycles. The molecular formula is C13H23N3O2. The molecule has 1 aromatic heterocycles. The van der Waals surface area contributed by atoms with E-state index in [0.717, 1.165) is 5.76 Å². The minimum absolute atomic E-state index is 0.0255. The van der Waals surface area contributed by atoms with Crippen LogP contribution >= 0.6 is 0 Å². The lowest BCUT2D eigenvalue weighted by molar-refractivity contribution is -0.129. The Morgan fingerprint density at radius 3 is 2.67 bits per heavy atom. The minimum Gasteiger partial charge on any atom is -0.468 e. The van der Waals surface area contributed by atoms with E-state index in [1.165, 1.54) is 0 Å². The molecule has 0 aliphatic rings. The third kappa shape index (κ3) is 3.58. The summed E-state index contributed by atoms with van der Waals surface area (Å²) >= 11 is 0. The van der Waals surface area contributed by atoms with Gasteiger partial charge < -0.3 is 15.5 Å². The average molecular weight is 253 g/mol.